The lowest BCUT2D eigenvalue weighted by atomic mass is 10.0. The van der Waals surface area contributed by atoms with Gasteiger partial charge in [-0.1, -0.05) is 34.6 Å². The van der Waals surface area contributed by atoms with Gasteiger partial charge in [0.2, 0.25) is 15.9 Å². The van der Waals surface area contributed by atoms with Gasteiger partial charge in [-0.2, -0.15) is 4.31 Å². The van der Waals surface area contributed by atoms with Crippen LogP contribution < -0.4 is 16.2 Å². The topological polar surface area (TPSA) is 128 Å². The summed E-state index contributed by atoms with van der Waals surface area (Å²) in [6, 6.07) is 5.85. The Hall–Kier alpha value is -2.80. The minimum Gasteiger partial charge on any atom is -0.313 e. The second-order valence-corrected chi connectivity index (χ2v) is 13.6. The number of thiophene rings is 1. The van der Waals surface area contributed by atoms with E-state index >= 15 is 0 Å². The Kier molecular flexibility index (Phi) is 10.3. The highest BCUT2D eigenvalue weighted by atomic mass is 32.2. The molecule has 3 rings (SSSR count). The van der Waals surface area contributed by atoms with Crippen LogP contribution in [0.15, 0.2) is 29.2 Å². The summed E-state index contributed by atoms with van der Waals surface area (Å²) in [5.74, 6) is -1.03. The molecular formula is C27H39N5O5S2. The second kappa shape index (κ2) is 13.0. The van der Waals surface area contributed by atoms with Gasteiger partial charge in [0.25, 0.3) is 11.8 Å². The molecule has 12 heteroatoms. The Morgan fingerprint density at radius 3 is 2.15 bits per heavy atom. The second-order valence-electron chi connectivity index (χ2n) is 10.6. The van der Waals surface area contributed by atoms with Crippen molar-refractivity contribution in [3.8, 4) is 0 Å². The van der Waals surface area contributed by atoms with Gasteiger partial charge in [-0.25, -0.2) is 8.42 Å². The molecule has 0 atom stereocenters. The number of fused-ring (bicyclic) bond motifs is 1. The minimum atomic E-state index is -3.72. The van der Waals surface area contributed by atoms with Crippen LogP contribution in [0.4, 0.5) is 5.00 Å². The van der Waals surface area contributed by atoms with E-state index in [0.29, 0.717) is 36.6 Å². The van der Waals surface area contributed by atoms with Gasteiger partial charge in [-0.15, -0.1) is 11.3 Å². The summed E-state index contributed by atoms with van der Waals surface area (Å²) in [5.41, 5.74) is 6.18. The third-order valence-electron chi connectivity index (χ3n) is 6.28. The smallest absolute Gasteiger partial charge is 0.272 e. The lowest BCUT2D eigenvalue weighted by molar-refractivity contribution is -0.119. The molecule has 2 heterocycles. The number of hydrogen-bond acceptors (Lipinski definition) is 7. The van der Waals surface area contributed by atoms with Crippen molar-refractivity contribution in [2.45, 2.75) is 59.4 Å². The van der Waals surface area contributed by atoms with Crippen LogP contribution in [0, 0.1) is 11.8 Å². The zero-order valence-electron chi connectivity index (χ0n) is 23.5. The van der Waals surface area contributed by atoms with Crippen LogP contribution >= 0.6 is 11.3 Å². The van der Waals surface area contributed by atoms with Crippen LogP contribution in [-0.4, -0.2) is 61.5 Å². The number of nitrogens with zero attached hydrogens (tertiary/aromatic N) is 2. The van der Waals surface area contributed by atoms with Crippen LogP contribution in [0.25, 0.3) is 0 Å². The quantitative estimate of drug-likeness (QED) is 0.371. The highest BCUT2D eigenvalue weighted by molar-refractivity contribution is 7.89. The van der Waals surface area contributed by atoms with E-state index < -0.39 is 27.7 Å². The van der Waals surface area contributed by atoms with Crippen LogP contribution in [0.2, 0.25) is 0 Å². The maximum absolute atomic E-state index is 13.3. The van der Waals surface area contributed by atoms with E-state index in [-0.39, 0.29) is 22.3 Å². The van der Waals surface area contributed by atoms with E-state index in [9.17, 15) is 22.8 Å². The average molecular weight is 578 g/mol. The Morgan fingerprint density at radius 2 is 1.62 bits per heavy atom. The number of anilines is 1. The van der Waals surface area contributed by atoms with Crippen molar-refractivity contribution in [3.05, 3.63) is 45.8 Å². The maximum Gasteiger partial charge on any atom is 0.272 e. The van der Waals surface area contributed by atoms with Gasteiger partial charge in [0, 0.05) is 43.5 Å². The molecule has 10 nitrogen and oxygen atoms in total. The number of hydrazine groups is 1. The fourth-order valence-electron chi connectivity index (χ4n) is 4.45. The number of likely N-dealkylation sites (N-methyl/N-ethyl adjacent to an activating group) is 1. The Morgan fingerprint density at radius 1 is 1.00 bits per heavy atom. The molecule has 0 saturated carbocycles. The Labute approximate surface area is 235 Å². The van der Waals surface area contributed by atoms with Gasteiger partial charge in [0.1, 0.15) is 5.00 Å². The number of hydrogen-bond donors (Lipinski definition) is 3. The molecule has 214 valence electrons. The maximum atomic E-state index is 13.3. The molecule has 39 heavy (non-hydrogen) atoms. The molecule has 0 aliphatic carbocycles. The summed E-state index contributed by atoms with van der Waals surface area (Å²) in [5, 5.41) is 3.24. The molecule has 0 fully saturated rings. The first-order chi connectivity index (χ1) is 18.3. The highest BCUT2D eigenvalue weighted by Crippen LogP contribution is 2.37. The Balaban J connectivity index is 1.86. The lowest BCUT2D eigenvalue weighted by Crippen LogP contribution is -2.41. The predicted octanol–water partition coefficient (Wildman–Crippen LogP) is 3.46. The largest absolute Gasteiger partial charge is 0.313 e. The van der Waals surface area contributed by atoms with Crippen LogP contribution in [0.3, 0.4) is 0 Å². The SMILES string of the molecule is CCN1CCc2c(sc(NC(=O)c3ccc(S(=O)(=O)N(CC(C)C)CC(C)C)cc3)c2C(=O)NNC(C)=O)C1. The molecule has 0 unspecified atom stereocenters. The first-order valence-corrected chi connectivity index (χ1v) is 15.4. The van der Waals surface area contributed by atoms with E-state index in [0.717, 1.165) is 23.5 Å². The van der Waals surface area contributed by atoms with Crippen molar-refractivity contribution < 1.29 is 22.8 Å². The van der Waals surface area contributed by atoms with Crippen LogP contribution in [0.1, 0.15) is 72.7 Å². The van der Waals surface area contributed by atoms with E-state index in [2.05, 4.69) is 28.0 Å². The van der Waals surface area contributed by atoms with E-state index in [1.165, 1.54) is 46.8 Å². The lowest BCUT2D eigenvalue weighted by Gasteiger charge is -2.25. The summed E-state index contributed by atoms with van der Waals surface area (Å²) in [6.45, 7) is 14.4. The summed E-state index contributed by atoms with van der Waals surface area (Å²) >= 11 is 1.34. The highest BCUT2D eigenvalue weighted by Gasteiger charge is 2.29. The van der Waals surface area contributed by atoms with Gasteiger partial charge in [0.15, 0.2) is 0 Å². The summed E-state index contributed by atoms with van der Waals surface area (Å²) in [7, 11) is -3.72. The predicted molar refractivity (Wildman–Crippen MR) is 153 cm³/mol. The third kappa shape index (κ3) is 7.65. The molecule has 0 radical (unpaired) electrons. The molecule has 1 aromatic heterocycles. The van der Waals surface area contributed by atoms with Crippen LogP contribution in [-0.2, 0) is 27.8 Å². The van der Waals surface area contributed by atoms with Crippen molar-refractivity contribution in [2.24, 2.45) is 11.8 Å². The molecule has 3 N–H and O–H groups in total. The number of sulfonamides is 1. The summed E-state index contributed by atoms with van der Waals surface area (Å²) < 4.78 is 28.1. The fourth-order valence-corrected chi connectivity index (χ4v) is 7.50. The Bertz CT molecular complexity index is 1290. The van der Waals surface area contributed by atoms with Gasteiger partial charge in [-0.05, 0) is 54.6 Å². The van der Waals surface area contributed by atoms with Gasteiger partial charge < -0.3 is 5.32 Å². The molecular weight excluding hydrogens is 538 g/mol. The summed E-state index contributed by atoms with van der Waals surface area (Å²) in [6.07, 6.45) is 0.647. The van der Waals surface area contributed by atoms with Crippen molar-refractivity contribution >= 4 is 44.1 Å². The molecule has 1 aliphatic rings. The van der Waals surface area contributed by atoms with Crippen molar-refractivity contribution in [1.82, 2.24) is 20.1 Å². The molecule has 0 bridgehead atoms. The standard InChI is InChI=1S/C27H39N5O5S2/c1-7-31-13-12-22-23(16-31)38-27(24(22)26(35)30-29-19(6)33)28-25(34)20-8-10-21(11-9-20)39(36,37)32(14-17(2)3)15-18(4)5/h8-11,17-18H,7,12-16H2,1-6H3,(H,28,34)(H,29,33)(H,30,35). The first kappa shape index (κ1) is 30.7. The summed E-state index contributed by atoms with van der Waals surface area (Å²) in [4.78, 5) is 40.9. The zero-order chi connectivity index (χ0) is 28.9. The van der Waals surface area contributed by atoms with E-state index in [4.69, 9.17) is 0 Å². The number of rotatable bonds is 10. The van der Waals surface area contributed by atoms with Crippen molar-refractivity contribution in [1.29, 1.82) is 0 Å². The van der Waals surface area contributed by atoms with Gasteiger partial charge >= 0.3 is 0 Å². The number of carbonyl (C=O) groups excluding carboxylic acids is 3. The number of nitrogens with one attached hydrogen (secondary N) is 3. The van der Waals surface area contributed by atoms with Crippen molar-refractivity contribution in [2.75, 3.05) is 31.5 Å². The molecule has 2 aromatic rings. The fraction of sp³-hybridized carbons (Fsp3) is 0.519. The van der Waals surface area contributed by atoms with Crippen molar-refractivity contribution in [3.63, 3.8) is 0 Å². The normalized spacial score (nSPS) is 14.0. The number of benzene rings is 1. The van der Waals surface area contributed by atoms with Crippen LogP contribution in [0.5, 0.6) is 0 Å². The minimum absolute atomic E-state index is 0.127. The average Bonchev–Trinajstić information content (AvgIpc) is 3.23. The molecule has 0 saturated heterocycles. The molecule has 1 aromatic carbocycles. The van der Waals surface area contributed by atoms with E-state index in [1.807, 2.05) is 27.7 Å². The molecule has 0 spiro atoms. The molecule has 1 aliphatic heterocycles. The van der Waals surface area contributed by atoms with Gasteiger partial charge in [-0.3, -0.25) is 30.1 Å². The van der Waals surface area contributed by atoms with Gasteiger partial charge in [0.05, 0.1) is 10.5 Å². The zero-order valence-corrected chi connectivity index (χ0v) is 25.1. The number of amides is 3. The monoisotopic (exact) mass is 577 g/mol. The first-order valence-electron chi connectivity index (χ1n) is 13.2. The third-order valence-corrected chi connectivity index (χ3v) is 9.26. The molecule has 3 amide bonds. The number of carbonyl (C=O) groups is 3. The van der Waals surface area contributed by atoms with E-state index in [1.54, 1.807) is 0 Å².